The largest absolute Gasteiger partial charge is 0.400 e. The van der Waals surface area contributed by atoms with Crippen molar-refractivity contribution in [2.75, 3.05) is 13.7 Å². The number of nitrogens with zero attached hydrogens (tertiary/aromatic N) is 1. The molecule has 3 unspecified atom stereocenters. The summed E-state index contributed by atoms with van der Waals surface area (Å²) in [5, 5.41) is 22.6. The predicted octanol–water partition coefficient (Wildman–Crippen LogP) is 2.10. The lowest BCUT2D eigenvalue weighted by molar-refractivity contribution is -0.128. The number of hydrogen-bond donors (Lipinski definition) is 4. The van der Waals surface area contributed by atoms with E-state index < -0.39 is 6.10 Å². The van der Waals surface area contributed by atoms with Gasteiger partial charge in [0.15, 0.2) is 0 Å². The van der Waals surface area contributed by atoms with E-state index in [1.54, 1.807) is 19.2 Å². The normalized spacial score (nSPS) is 19.8. The summed E-state index contributed by atoms with van der Waals surface area (Å²) in [6.45, 7) is 2.23. The summed E-state index contributed by atoms with van der Waals surface area (Å²) in [7, 11) is 1.00. The van der Waals surface area contributed by atoms with Crippen LogP contribution in [0.4, 0.5) is 4.39 Å². The first-order valence-electron chi connectivity index (χ1n) is 10.0. The van der Waals surface area contributed by atoms with Gasteiger partial charge in [-0.2, -0.15) is 0 Å². The molecule has 0 bridgehead atoms. The highest BCUT2D eigenvalue weighted by molar-refractivity contribution is 5.83. The van der Waals surface area contributed by atoms with Crippen molar-refractivity contribution in [2.45, 2.75) is 31.7 Å². The molecular weight excluding hydrogens is 397 g/mol. The Bertz CT molecular complexity index is 1000. The number of carbonyl (C=O) groups is 1. The maximum atomic E-state index is 14.6. The predicted molar refractivity (Wildman–Crippen MR) is 117 cm³/mol. The molecule has 162 valence electrons. The third-order valence-corrected chi connectivity index (χ3v) is 5.16. The third-order valence-electron chi connectivity index (χ3n) is 5.16. The highest BCUT2D eigenvalue weighted by atomic mass is 19.1. The van der Waals surface area contributed by atoms with Gasteiger partial charge in [0.1, 0.15) is 12.0 Å². The Morgan fingerprint density at radius 1 is 1.23 bits per heavy atom. The van der Waals surface area contributed by atoms with E-state index >= 15 is 0 Å². The molecule has 0 spiro atoms. The van der Waals surface area contributed by atoms with E-state index in [0.29, 0.717) is 18.5 Å². The van der Waals surface area contributed by atoms with Crippen molar-refractivity contribution in [3.63, 3.8) is 0 Å². The molecule has 6 nitrogen and oxygen atoms in total. The highest BCUT2D eigenvalue weighted by Crippen LogP contribution is 2.29. The summed E-state index contributed by atoms with van der Waals surface area (Å²) in [4.78, 5) is 13.0. The van der Waals surface area contributed by atoms with Crippen molar-refractivity contribution in [1.29, 1.82) is 0 Å². The SMILES string of the molecule is CC(O)C1NC=CN1CC#Cc1ccc(-c2ccc(C3CC(=O)N3)cc2F)cc1.CO. The number of aliphatic hydroxyl groups excluding tert-OH is 2. The summed E-state index contributed by atoms with van der Waals surface area (Å²) in [5.74, 6) is 5.89. The van der Waals surface area contributed by atoms with Gasteiger partial charge in [0.2, 0.25) is 5.91 Å². The number of benzene rings is 2. The van der Waals surface area contributed by atoms with Gasteiger partial charge in [-0.3, -0.25) is 4.79 Å². The Hall–Kier alpha value is -3.34. The molecule has 1 amide bonds. The Morgan fingerprint density at radius 2 is 1.94 bits per heavy atom. The van der Waals surface area contributed by atoms with Crippen LogP contribution in [0.1, 0.15) is 30.5 Å². The lowest BCUT2D eigenvalue weighted by Crippen LogP contribution is -2.43. The van der Waals surface area contributed by atoms with Crippen LogP contribution in [0.5, 0.6) is 0 Å². The first-order chi connectivity index (χ1) is 15.0. The van der Waals surface area contributed by atoms with Gasteiger partial charge in [0.05, 0.1) is 25.1 Å². The first-order valence-corrected chi connectivity index (χ1v) is 10.0. The Balaban J connectivity index is 0.00000132. The molecule has 2 aromatic carbocycles. The number of β-lactam (4-membered cyclic amide) rings is 1. The third kappa shape index (κ3) is 5.23. The van der Waals surface area contributed by atoms with Crippen LogP contribution in [0.25, 0.3) is 11.1 Å². The van der Waals surface area contributed by atoms with Gasteiger partial charge in [-0.15, -0.1) is 0 Å². The van der Waals surface area contributed by atoms with Gasteiger partial charge in [-0.25, -0.2) is 4.39 Å². The van der Waals surface area contributed by atoms with Crippen molar-refractivity contribution in [3.8, 4) is 23.0 Å². The summed E-state index contributed by atoms with van der Waals surface area (Å²) < 4.78 is 14.6. The molecule has 3 atom stereocenters. The molecule has 0 aliphatic carbocycles. The van der Waals surface area contributed by atoms with Crippen LogP contribution in [0.2, 0.25) is 0 Å². The number of amides is 1. The van der Waals surface area contributed by atoms with Crippen LogP contribution in [0.3, 0.4) is 0 Å². The zero-order valence-electron chi connectivity index (χ0n) is 17.5. The van der Waals surface area contributed by atoms with Gasteiger partial charge in [-0.05, 0) is 36.2 Å². The van der Waals surface area contributed by atoms with E-state index in [2.05, 4.69) is 22.5 Å². The molecule has 0 radical (unpaired) electrons. The quantitative estimate of drug-likeness (QED) is 0.447. The average molecular weight is 423 g/mol. The molecule has 2 heterocycles. The molecule has 7 heteroatoms. The maximum absolute atomic E-state index is 14.6. The Labute approximate surface area is 181 Å². The standard InChI is InChI=1S/C23H22FN3O2.CH4O/c1-15(28)23-25-10-12-27(23)11-2-3-16-4-6-17(7-5-16)19-9-8-18(13-20(19)24)21-14-22(29)26-21;1-2/h4-10,12-13,15,21,23,25,28H,11,14H2,1H3,(H,26,29);2H,1H3. The Kier molecular flexibility index (Phi) is 7.29. The number of halogens is 1. The monoisotopic (exact) mass is 423 g/mol. The number of rotatable bonds is 4. The van der Waals surface area contributed by atoms with Crippen LogP contribution in [-0.2, 0) is 4.79 Å². The van der Waals surface area contributed by atoms with E-state index in [1.165, 1.54) is 6.07 Å². The molecule has 0 saturated carbocycles. The van der Waals surface area contributed by atoms with E-state index in [4.69, 9.17) is 5.11 Å². The zero-order valence-corrected chi connectivity index (χ0v) is 17.5. The van der Waals surface area contributed by atoms with E-state index in [0.717, 1.165) is 23.8 Å². The van der Waals surface area contributed by atoms with E-state index in [1.807, 2.05) is 41.4 Å². The van der Waals surface area contributed by atoms with E-state index in [9.17, 15) is 14.3 Å². The van der Waals surface area contributed by atoms with Crippen LogP contribution in [0, 0.1) is 17.7 Å². The zero-order chi connectivity index (χ0) is 22.4. The molecule has 0 aromatic heterocycles. The first kappa shape index (κ1) is 22.3. The summed E-state index contributed by atoms with van der Waals surface area (Å²) >= 11 is 0. The minimum atomic E-state index is -0.507. The van der Waals surface area contributed by atoms with Crippen molar-refractivity contribution in [1.82, 2.24) is 15.5 Å². The fourth-order valence-corrected chi connectivity index (χ4v) is 3.50. The number of aliphatic hydroxyl groups is 2. The smallest absolute Gasteiger partial charge is 0.222 e. The molecule has 2 aliphatic rings. The second kappa shape index (κ2) is 10.1. The lowest BCUT2D eigenvalue weighted by Gasteiger charge is -2.27. The number of carbonyl (C=O) groups excluding carboxylic acids is 1. The summed E-state index contributed by atoms with van der Waals surface area (Å²) in [6.07, 6.45) is 3.41. The molecule has 2 aromatic rings. The lowest BCUT2D eigenvalue weighted by atomic mass is 9.94. The summed E-state index contributed by atoms with van der Waals surface area (Å²) in [5.41, 5.74) is 2.92. The van der Waals surface area contributed by atoms with Gasteiger partial charge in [0.25, 0.3) is 0 Å². The topological polar surface area (TPSA) is 84.8 Å². The number of hydrogen-bond acceptors (Lipinski definition) is 5. The molecule has 31 heavy (non-hydrogen) atoms. The van der Waals surface area contributed by atoms with Crippen LogP contribution >= 0.6 is 0 Å². The van der Waals surface area contributed by atoms with Crippen LogP contribution < -0.4 is 10.6 Å². The summed E-state index contributed by atoms with van der Waals surface area (Å²) in [6, 6.07) is 12.4. The molecule has 1 saturated heterocycles. The number of nitrogens with one attached hydrogen (secondary N) is 2. The minimum Gasteiger partial charge on any atom is -0.400 e. The second-order valence-corrected chi connectivity index (χ2v) is 7.28. The second-order valence-electron chi connectivity index (χ2n) is 7.28. The van der Waals surface area contributed by atoms with Crippen molar-refractivity contribution in [2.24, 2.45) is 0 Å². The van der Waals surface area contributed by atoms with E-state index in [-0.39, 0.29) is 23.9 Å². The fourth-order valence-electron chi connectivity index (χ4n) is 3.50. The van der Waals surface area contributed by atoms with Crippen LogP contribution in [0.15, 0.2) is 54.9 Å². The highest BCUT2D eigenvalue weighted by Gasteiger charge is 2.27. The van der Waals surface area contributed by atoms with Crippen LogP contribution in [-0.4, -0.2) is 46.9 Å². The van der Waals surface area contributed by atoms with Gasteiger partial charge < -0.3 is 25.7 Å². The van der Waals surface area contributed by atoms with Crippen molar-refractivity contribution < 1.29 is 19.4 Å². The van der Waals surface area contributed by atoms with Crippen molar-refractivity contribution in [3.05, 3.63) is 71.8 Å². The average Bonchev–Trinajstić information content (AvgIpc) is 3.22. The van der Waals surface area contributed by atoms with Gasteiger partial charge in [-0.1, -0.05) is 36.1 Å². The van der Waals surface area contributed by atoms with Crippen molar-refractivity contribution >= 4 is 5.91 Å². The van der Waals surface area contributed by atoms with Gasteiger partial charge in [0, 0.05) is 30.6 Å². The molecule has 1 fully saturated rings. The molecule has 2 aliphatic heterocycles. The van der Waals surface area contributed by atoms with Gasteiger partial charge >= 0.3 is 0 Å². The maximum Gasteiger partial charge on any atom is 0.222 e. The molecular formula is C24H26FN3O3. The molecule has 4 rings (SSSR count). The molecule has 4 N–H and O–H groups in total. The fraction of sp³-hybridized carbons (Fsp3) is 0.292. The minimum absolute atomic E-state index is 0.00501. The Morgan fingerprint density at radius 3 is 2.55 bits per heavy atom.